The van der Waals surface area contributed by atoms with Crippen LogP contribution in [-0.4, -0.2) is 16.4 Å². The zero-order chi connectivity index (χ0) is 16.6. The molecule has 1 aliphatic heterocycles. The maximum Gasteiger partial charge on any atom is 0.236 e. The second-order valence-corrected chi connectivity index (χ2v) is 8.99. The van der Waals surface area contributed by atoms with E-state index in [2.05, 4.69) is 39.2 Å². The van der Waals surface area contributed by atoms with Gasteiger partial charge in [-0.05, 0) is 46.3 Å². The van der Waals surface area contributed by atoms with E-state index in [0.29, 0.717) is 6.04 Å². The second-order valence-electron chi connectivity index (χ2n) is 6.06. The highest BCUT2D eigenvalue weighted by Crippen LogP contribution is 2.40. The summed E-state index contributed by atoms with van der Waals surface area (Å²) in [6.07, 6.45) is 2.92. The first kappa shape index (κ1) is 15.5. The molecular formula is C19H16N2OS3. The van der Waals surface area contributed by atoms with Gasteiger partial charge in [-0.15, -0.1) is 34.0 Å². The van der Waals surface area contributed by atoms with E-state index in [1.165, 1.54) is 15.3 Å². The largest absolute Gasteiger partial charge is 0.444 e. The van der Waals surface area contributed by atoms with Crippen molar-refractivity contribution < 1.29 is 4.42 Å². The molecule has 1 aliphatic rings. The van der Waals surface area contributed by atoms with E-state index in [4.69, 9.17) is 9.40 Å². The lowest BCUT2D eigenvalue weighted by Crippen LogP contribution is -2.34. The van der Waals surface area contributed by atoms with Crippen LogP contribution in [0.2, 0.25) is 0 Å². The van der Waals surface area contributed by atoms with Crippen LogP contribution in [0.1, 0.15) is 27.1 Å². The summed E-state index contributed by atoms with van der Waals surface area (Å²) < 4.78 is 5.71. The van der Waals surface area contributed by atoms with E-state index >= 15 is 0 Å². The normalized spacial score (nSPS) is 17.7. The fourth-order valence-electron chi connectivity index (χ4n) is 3.42. The number of hydrogen-bond acceptors (Lipinski definition) is 6. The fourth-order valence-corrected chi connectivity index (χ4v) is 5.86. The molecule has 25 heavy (non-hydrogen) atoms. The van der Waals surface area contributed by atoms with Gasteiger partial charge in [0, 0.05) is 22.8 Å². The molecule has 0 spiro atoms. The molecule has 0 bridgehead atoms. The number of nitrogens with zero attached hydrogens (tertiary/aromatic N) is 2. The first-order valence-electron chi connectivity index (χ1n) is 8.20. The Morgan fingerprint density at radius 3 is 2.84 bits per heavy atom. The molecule has 5 rings (SSSR count). The third kappa shape index (κ3) is 2.89. The molecule has 5 heterocycles. The summed E-state index contributed by atoms with van der Waals surface area (Å²) in [4.78, 5) is 11.2. The highest BCUT2D eigenvalue weighted by molar-refractivity contribution is 7.13. The van der Waals surface area contributed by atoms with E-state index in [0.717, 1.165) is 36.0 Å². The van der Waals surface area contributed by atoms with Gasteiger partial charge in [0.2, 0.25) is 5.89 Å². The Labute approximate surface area is 158 Å². The smallest absolute Gasteiger partial charge is 0.236 e. The summed E-state index contributed by atoms with van der Waals surface area (Å²) in [6.45, 7) is 1.87. The molecule has 3 nitrogen and oxygen atoms in total. The van der Waals surface area contributed by atoms with E-state index in [1.54, 1.807) is 11.3 Å². The van der Waals surface area contributed by atoms with Gasteiger partial charge >= 0.3 is 0 Å². The molecule has 1 atom stereocenters. The minimum absolute atomic E-state index is 0.330. The van der Waals surface area contributed by atoms with Gasteiger partial charge in [0.05, 0.1) is 16.6 Å². The Morgan fingerprint density at radius 2 is 2.00 bits per heavy atom. The Hall–Kier alpha value is -1.73. The van der Waals surface area contributed by atoms with Gasteiger partial charge in [-0.2, -0.15) is 0 Å². The Kier molecular flexibility index (Phi) is 4.06. The molecule has 0 amide bonds. The molecule has 0 aromatic carbocycles. The lowest BCUT2D eigenvalue weighted by Gasteiger charge is -2.34. The van der Waals surface area contributed by atoms with Crippen LogP contribution < -0.4 is 0 Å². The van der Waals surface area contributed by atoms with Crippen molar-refractivity contribution >= 4 is 34.0 Å². The van der Waals surface area contributed by atoms with Crippen molar-refractivity contribution in [2.75, 3.05) is 6.54 Å². The number of fused-ring (bicyclic) bond motifs is 1. The van der Waals surface area contributed by atoms with Crippen molar-refractivity contribution in [3.8, 4) is 10.8 Å². The summed E-state index contributed by atoms with van der Waals surface area (Å²) in [5, 5.41) is 6.44. The van der Waals surface area contributed by atoms with Gasteiger partial charge in [-0.3, -0.25) is 4.90 Å². The number of aromatic nitrogens is 1. The van der Waals surface area contributed by atoms with Crippen molar-refractivity contribution in [2.45, 2.75) is 19.0 Å². The number of hydrogen-bond donors (Lipinski definition) is 0. The molecule has 0 aliphatic carbocycles. The summed E-state index contributed by atoms with van der Waals surface area (Å²) in [5.74, 6) is 0.728. The van der Waals surface area contributed by atoms with Crippen molar-refractivity contribution in [2.24, 2.45) is 0 Å². The van der Waals surface area contributed by atoms with Gasteiger partial charge < -0.3 is 4.42 Å². The average molecular weight is 385 g/mol. The number of thiophene rings is 3. The van der Waals surface area contributed by atoms with Crippen molar-refractivity contribution in [3.05, 3.63) is 73.7 Å². The topological polar surface area (TPSA) is 29.3 Å². The minimum Gasteiger partial charge on any atom is -0.444 e. The monoisotopic (exact) mass is 384 g/mol. The second kappa shape index (κ2) is 6.53. The van der Waals surface area contributed by atoms with Gasteiger partial charge in [-0.25, -0.2) is 4.98 Å². The predicted molar refractivity (Wildman–Crippen MR) is 104 cm³/mol. The highest BCUT2D eigenvalue weighted by Gasteiger charge is 2.30. The third-order valence-corrected chi connectivity index (χ3v) is 7.31. The predicted octanol–water partition coefficient (Wildman–Crippen LogP) is 5.67. The molecule has 1 unspecified atom stereocenters. The van der Waals surface area contributed by atoms with Crippen LogP contribution in [0, 0.1) is 0 Å². The van der Waals surface area contributed by atoms with Gasteiger partial charge in [-0.1, -0.05) is 12.1 Å². The fraction of sp³-hybridized carbons (Fsp3) is 0.211. The van der Waals surface area contributed by atoms with E-state index in [-0.39, 0.29) is 0 Å². The van der Waals surface area contributed by atoms with Crippen LogP contribution in [0.15, 0.2) is 57.2 Å². The van der Waals surface area contributed by atoms with Crippen LogP contribution in [0.3, 0.4) is 0 Å². The average Bonchev–Trinajstić information content (AvgIpc) is 3.39. The minimum atomic E-state index is 0.330. The molecular weight excluding hydrogens is 368 g/mol. The van der Waals surface area contributed by atoms with Crippen molar-refractivity contribution in [1.82, 2.24) is 9.88 Å². The molecule has 6 heteroatoms. The SMILES string of the molecule is c1csc(-c2nc(CN3CCc4sccc4C3c3cccs3)co2)c1. The Morgan fingerprint density at radius 1 is 1.08 bits per heavy atom. The Balaban J connectivity index is 1.45. The summed E-state index contributed by atoms with van der Waals surface area (Å²) in [7, 11) is 0. The van der Waals surface area contributed by atoms with Crippen molar-refractivity contribution in [1.29, 1.82) is 0 Å². The van der Waals surface area contributed by atoms with Crippen LogP contribution in [-0.2, 0) is 13.0 Å². The molecule has 0 N–H and O–H groups in total. The van der Waals surface area contributed by atoms with Gasteiger partial charge in [0.25, 0.3) is 0 Å². The quantitative estimate of drug-likeness (QED) is 0.454. The van der Waals surface area contributed by atoms with Crippen molar-refractivity contribution in [3.63, 3.8) is 0 Å². The van der Waals surface area contributed by atoms with Crippen LogP contribution in [0.4, 0.5) is 0 Å². The Bertz CT molecular complexity index is 953. The highest BCUT2D eigenvalue weighted by atomic mass is 32.1. The van der Waals surface area contributed by atoms with Crippen LogP contribution >= 0.6 is 34.0 Å². The lowest BCUT2D eigenvalue weighted by atomic mass is 9.98. The number of rotatable bonds is 4. The van der Waals surface area contributed by atoms with E-state index in [9.17, 15) is 0 Å². The van der Waals surface area contributed by atoms with Crippen LogP contribution in [0.25, 0.3) is 10.8 Å². The van der Waals surface area contributed by atoms with E-state index in [1.807, 2.05) is 41.1 Å². The van der Waals surface area contributed by atoms with Crippen LogP contribution in [0.5, 0.6) is 0 Å². The molecule has 0 radical (unpaired) electrons. The summed E-state index contributed by atoms with van der Waals surface area (Å²) in [6, 6.07) is 11.1. The zero-order valence-electron chi connectivity index (χ0n) is 13.4. The maximum absolute atomic E-state index is 5.71. The molecule has 0 fully saturated rings. The van der Waals surface area contributed by atoms with E-state index < -0.39 is 0 Å². The standard InChI is InChI=1S/C19H16N2OS3/c1-3-16(23-8-1)18-14-6-10-25-15(14)5-7-21(18)11-13-12-22-19(20-13)17-4-2-9-24-17/h1-4,6,8-10,12,18H,5,7,11H2. The third-order valence-electron chi connectivity index (χ3n) is 4.53. The van der Waals surface area contributed by atoms with Gasteiger partial charge in [0.1, 0.15) is 6.26 Å². The first-order valence-corrected chi connectivity index (χ1v) is 10.8. The molecule has 4 aromatic heterocycles. The molecule has 0 saturated heterocycles. The molecule has 4 aromatic rings. The first-order chi connectivity index (χ1) is 12.4. The zero-order valence-corrected chi connectivity index (χ0v) is 15.9. The summed E-state index contributed by atoms with van der Waals surface area (Å²) >= 11 is 5.38. The summed E-state index contributed by atoms with van der Waals surface area (Å²) in [5.41, 5.74) is 2.46. The maximum atomic E-state index is 5.71. The lowest BCUT2D eigenvalue weighted by molar-refractivity contribution is 0.206. The molecule has 0 saturated carbocycles. The number of oxazole rings is 1. The molecule has 126 valence electrons. The van der Waals surface area contributed by atoms with Gasteiger partial charge in [0.15, 0.2) is 0 Å².